The lowest BCUT2D eigenvalue weighted by atomic mass is 9.73. The predicted molar refractivity (Wildman–Crippen MR) is 128 cm³/mol. The Hall–Kier alpha value is -3.89. The maximum atomic E-state index is 11.4. The molecule has 0 saturated carbocycles. The molecule has 1 aliphatic heterocycles. The molecular weight excluding hydrogens is 430 g/mol. The monoisotopic (exact) mass is 457 g/mol. The van der Waals surface area contributed by atoms with Gasteiger partial charge in [0.1, 0.15) is 17.5 Å². The van der Waals surface area contributed by atoms with Crippen molar-refractivity contribution in [1.29, 1.82) is 5.26 Å². The highest BCUT2D eigenvalue weighted by atomic mass is 16.5. The molecule has 1 amide bonds. The molecule has 0 unspecified atom stereocenters. The maximum Gasteiger partial charge on any atom is 0.407 e. The fraction of sp³-hybridized carbons (Fsp3) is 0.296. The van der Waals surface area contributed by atoms with Gasteiger partial charge >= 0.3 is 6.09 Å². The van der Waals surface area contributed by atoms with E-state index in [1.54, 1.807) is 19.4 Å². The first-order valence-corrected chi connectivity index (χ1v) is 11.2. The average molecular weight is 458 g/mol. The van der Waals surface area contributed by atoms with Crippen LogP contribution in [-0.4, -0.2) is 47.9 Å². The summed E-state index contributed by atoms with van der Waals surface area (Å²) >= 11 is 0. The number of methoxy groups -OCH3 is 1. The van der Waals surface area contributed by atoms with Gasteiger partial charge in [-0.05, 0) is 48.2 Å². The topological polar surface area (TPSA) is 95.7 Å². The second-order valence-corrected chi connectivity index (χ2v) is 8.48. The zero-order valence-electron chi connectivity index (χ0n) is 19.1. The Morgan fingerprint density at radius 3 is 2.47 bits per heavy atom. The van der Waals surface area contributed by atoms with Crippen LogP contribution in [0.3, 0.4) is 0 Å². The van der Waals surface area contributed by atoms with Crippen LogP contribution in [0.15, 0.2) is 66.9 Å². The van der Waals surface area contributed by atoms with Crippen molar-refractivity contribution in [3.05, 3.63) is 83.7 Å². The van der Waals surface area contributed by atoms with Crippen LogP contribution < -0.4 is 4.74 Å². The summed E-state index contributed by atoms with van der Waals surface area (Å²) in [6, 6.07) is 21.7. The Balaban J connectivity index is 1.52. The molecule has 0 radical (unpaired) electrons. The Morgan fingerprint density at radius 2 is 1.85 bits per heavy atom. The summed E-state index contributed by atoms with van der Waals surface area (Å²) in [6.07, 6.45) is 2.22. The van der Waals surface area contributed by atoms with Crippen molar-refractivity contribution in [3.8, 4) is 22.9 Å². The number of carboxylic acid groups (broad SMARTS) is 1. The van der Waals surface area contributed by atoms with Crippen LogP contribution in [0.1, 0.15) is 29.7 Å². The SMILES string of the molecule is COc1ccc(-c2ccc(C#N)nc2)cc1COCC1(c2ccccc2)CCN(C(=O)O)CC1. The number of ether oxygens (including phenoxy) is 2. The minimum atomic E-state index is -0.874. The molecule has 7 nitrogen and oxygen atoms in total. The number of pyridine rings is 1. The Bertz CT molecular complexity index is 1160. The van der Waals surface area contributed by atoms with Gasteiger partial charge in [0.05, 0.1) is 20.3 Å². The van der Waals surface area contributed by atoms with E-state index in [1.807, 2.05) is 48.5 Å². The number of benzene rings is 2. The van der Waals surface area contributed by atoms with E-state index in [2.05, 4.69) is 17.1 Å². The predicted octanol–water partition coefficient (Wildman–Crippen LogP) is 4.86. The first kappa shape index (κ1) is 23.3. The van der Waals surface area contributed by atoms with E-state index in [-0.39, 0.29) is 5.41 Å². The van der Waals surface area contributed by atoms with Crippen LogP contribution in [0.25, 0.3) is 11.1 Å². The van der Waals surface area contributed by atoms with Crippen molar-refractivity contribution in [3.63, 3.8) is 0 Å². The first-order valence-electron chi connectivity index (χ1n) is 11.2. The van der Waals surface area contributed by atoms with Crippen molar-refractivity contribution in [2.45, 2.75) is 24.9 Å². The highest BCUT2D eigenvalue weighted by Gasteiger charge is 2.37. The number of hydrogen-bond donors (Lipinski definition) is 1. The molecule has 3 aromatic rings. The molecule has 2 heterocycles. The molecule has 0 bridgehead atoms. The summed E-state index contributed by atoms with van der Waals surface area (Å²) in [6.45, 7) is 1.81. The van der Waals surface area contributed by atoms with Gasteiger partial charge in [-0.3, -0.25) is 0 Å². The van der Waals surface area contributed by atoms with Gasteiger partial charge in [0.2, 0.25) is 0 Å². The fourth-order valence-corrected chi connectivity index (χ4v) is 4.49. The van der Waals surface area contributed by atoms with Crippen molar-refractivity contribution in [2.24, 2.45) is 0 Å². The molecule has 7 heteroatoms. The number of nitrogens with zero attached hydrogens (tertiary/aromatic N) is 3. The summed E-state index contributed by atoms with van der Waals surface area (Å²) in [4.78, 5) is 17.0. The quantitative estimate of drug-likeness (QED) is 0.545. The van der Waals surface area contributed by atoms with Crippen LogP contribution in [-0.2, 0) is 16.8 Å². The van der Waals surface area contributed by atoms with Gasteiger partial charge in [-0.2, -0.15) is 5.26 Å². The standard InChI is InChI=1S/C27H27N3O4/c1-33-25-10-8-20(21-7-9-24(16-28)29-17-21)15-22(25)18-34-19-27(23-5-3-2-4-6-23)11-13-30(14-12-27)26(31)32/h2-10,15,17H,11-14,18-19H2,1H3,(H,31,32). The number of likely N-dealkylation sites (tertiary alicyclic amines) is 1. The molecule has 4 rings (SSSR count). The third-order valence-electron chi connectivity index (χ3n) is 6.50. The van der Waals surface area contributed by atoms with Crippen LogP contribution in [0.2, 0.25) is 0 Å². The number of nitriles is 1. The molecule has 0 aliphatic carbocycles. The summed E-state index contributed by atoms with van der Waals surface area (Å²) in [5.41, 5.74) is 4.09. The van der Waals surface area contributed by atoms with Crippen LogP contribution >= 0.6 is 0 Å². The van der Waals surface area contributed by atoms with Crippen molar-refractivity contribution < 1.29 is 19.4 Å². The fourth-order valence-electron chi connectivity index (χ4n) is 4.49. The first-order chi connectivity index (χ1) is 16.5. The van der Waals surface area contributed by atoms with E-state index in [1.165, 1.54) is 10.5 Å². The molecular formula is C27H27N3O4. The van der Waals surface area contributed by atoms with E-state index < -0.39 is 6.09 Å². The third-order valence-corrected chi connectivity index (χ3v) is 6.50. The molecule has 1 aliphatic rings. The van der Waals surface area contributed by atoms with E-state index in [9.17, 15) is 9.90 Å². The number of amides is 1. The molecule has 2 aromatic carbocycles. The highest BCUT2D eigenvalue weighted by Crippen LogP contribution is 2.37. The lowest BCUT2D eigenvalue weighted by Crippen LogP contribution is -2.47. The minimum Gasteiger partial charge on any atom is -0.496 e. The van der Waals surface area contributed by atoms with E-state index >= 15 is 0 Å². The molecule has 1 fully saturated rings. The van der Waals surface area contributed by atoms with Crippen LogP contribution in [0.5, 0.6) is 5.75 Å². The Kier molecular flexibility index (Phi) is 7.09. The zero-order chi connectivity index (χ0) is 24.0. The van der Waals surface area contributed by atoms with Crippen LogP contribution in [0.4, 0.5) is 4.79 Å². The van der Waals surface area contributed by atoms with Gasteiger partial charge < -0.3 is 19.5 Å². The zero-order valence-corrected chi connectivity index (χ0v) is 19.1. The minimum absolute atomic E-state index is 0.241. The Morgan fingerprint density at radius 1 is 1.12 bits per heavy atom. The van der Waals surface area contributed by atoms with Crippen LogP contribution in [0, 0.1) is 11.3 Å². The van der Waals surface area contributed by atoms with Gasteiger partial charge in [0, 0.05) is 35.8 Å². The smallest absolute Gasteiger partial charge is 0.407 e. The molecule has 34 heavy (non-hydrogen) atoms. The summed E-state index contributed by atoms with van der Waals surface area (Å²) in [7, 11) is 1.63. The number of carbonyl (C=O) groups is 1. The third kappa shape index (κ3) is 5.03. The molecule has 1 aromatic heterocycles. The summed E-state index contributed by atoms with van der Waals surface area (Å²) in [5.74, 6) is 0.736. The number of aromatic nitrogens is 1. The van der Waals surface area contributed by atoms with Gasteiger partial charge in [-0.1, -0.05) is 36.4 Å². The number of piperidine rings is 1. The number of rotatable bonds is 7. The Labute approximate surface area is 199 Å². The molecule has 174 valence electrons. The van der Waals surface area contributed by atoms with Gasteiger partial charge in [-0.25, -0.2) is 9.78 Å². The van der Waals surface area contributed by atoms with Gasteiger partial charge in [-0.15, -0.1) is 0 Å². The number of hydrogen-bond acceptors (Lipinski definition) is 5. The summed E-state index contributed by atoms with van der Waals surface area (Å²) < 4.78 is 11.8. The molecule has 1 N–H and O–H groups in total. The van der Waals surface area contributed by atoms with Crippen molar-refractivity contribution in [2.75, 3.05) is 26.8 Å². The molecule has 0 atom stereocenters. The maximum absolute atomic E-state index is 11.4. The normalized spacial score (nSPS) is 14.9. The molecule has 1 saturated heterocycles. The summed E-state index contributed by atoms with van der Waals surface area (Å²) in [5, 5.41) is 18.4. The second-order valence-electron chi connectivity index (χ2n) is 8.48. The van der Waals surface area contributed by atoms with E-state index in [0.717, 1.165) is 22.4 Å². The van der Waals surface area contributed by atoms with Gasteiger partial charge in [0.15, 0.2) is 0 Å². The second kappa shape index (κ2) is 10.4. The van der Waals surface area contributed by atoms with Crippen molar-refractivity contribution in [1.82, 2.24) is 9.88 Å². The average Bonchev–Trinajstić information content (AvgIpc) is 2.89. The lowest BCUT2D eigenvalue weighted by Gasteiger charge is -2.41. The molecule has 0 spiro atoms. The highest BCUT2D eigenvalue weighted by molar-refractivity contribution is 5.65. The largest absolute Gasteiger partial charge is 0.496 e. The van der Waals surface area contributed by atoms with E-state index in [4.69, 9.17) is 14.7 Å². The lowest BCUT2D eigenvalue weighted by molar-refractivity contribution is 0.0362. The van der Waals surface area contributed by atoms with Gasteiger partial charge in [0.25, 0.3) is 0 Å². The van der Waals surface area contributed by atoms with E-state index in [0.29, 0.717) is 44.8 Å². The van der Waals surface area contributed by atoms with Crippen molar-refractivity contribution >= 4 is 6.09 Å².